The largest absolute Gasteiger partial charge is 0.478 e. The van der Waals surface area contributed by atoms with Crippen molar-refractivity contribution in [1.82, 2.24) is 0 Å². The van der Waals surface area contributed by atoms with Crippen molar-refractivity contribution in [2.24, 2.45) is 0 Å². The average Bonchev–Trinajstić information content (AvgIpc) is 2.24. The molecule has 5 nitrogen and oxygen atoms in total. The number of carbonyl (C=O) groups is 2. The first-order valence-electron chi connectivity index (χ1n) is 4.18. The highest BCUT2D eigenvalue weighted by atomic mass is 35.5. The second kappa shape index (κ2) is 7.54. The van der Waals surface area contributed by atoms with Gasteiger partial charge in [0.25, 0.3) is 0 Å². The van der Waals surface area contributed by atoms with Gasteiger partial charge in [0.1, 0.15) is 0 Å². The third-order valence-electron chi connectivity index (χ3n) is 1.35. The van der Waals surface area contributed by atoms with Crippen LogP contribution in [0.25, 0.3) is 0 Å². The predicted octanol–water partition coefficient (Wildman–Crippen LogP) is 2.29. The molecule has 0 saturated heterocycles. The highest BCUT2D eigenvalue weighted by Crippen LogP contribution is 2.26. The normalized spacial score (nSPS) is 9.53. The Hall–Kier alpha value is -1.72. The lowest BCUT2D eigenvalue weighted by Crippen LogP contribution is -1.91. The molecule has 1 aromatic rings. The molecular formula is C10H9Cl2NO4. The fourth-order valence-corrected chi connectivity index (χ4v) is 0.971. The van der Waals surface area contributed by atoms with Gasteiger partial charge in [-0.3, -0.25) is 0 Å². The number of carboxylic acid groups (broad SMARTS) is 2. The van der Waals surface area contributed by atoms with Crippen molar-refractivity contribution in [2.45, 2.75) is 0 Å². The Labute approximate surface area is 107 Å². The van der Waals surface area contributed by atoms with Crippen molar-refractivity contribution in [3.63, 3.8) is 0 Å². The van der Waals surface area contributed by atoms with E-state index >= 15 is 0 Å². The zero-order valence-electron chi connectivity index (χ0n) is 8.43. The van der Waals surface area contributed by atoms with Crippen LogP contribution in [0.3, 0.4) is 0 Å². The van der Waals surface area contributed by atoms with Crippen LogP contribution in [0.1, 0.15) is 0 Å². The fraction of sp³-hybridized carbons (Fsp3) is 0. The summed E-state index contributed by atoms with van der Waals surface area (Å²) in [6, 6.07) is 5.15. The maximum absolute atomic E-state index is 9.55. The highest BCUT2D eigenvalue weighted by Gasteiger charge is 1.97. The molecule has 0 aromatic heterocycles. The van der Waals surface area contributed by atoms with Crippen LogP contribution in [0.15, 0.2) is 30.4 Å². The predicted molar refractivity (Wildman–Crippen MR) is 65.3 cm³/mol. The van der Waals surface area contributed by atoms with Crippen LogP contribution >= 0.6 is 23.2 Å². The number of rotatable bonds is 2. The summed E-state index contributed by atoms with van der Waals surface area (Å²) >= 11 is 11.2. The molecule has 0 bridgehead atoms. The van der Waals surface area contributed by atoms with Gasteiger partial charge in [-0.05, 0) is 12.1 Å². The minimum atomic E-state index is -1.26. The van der Waals surface area contributed by atoms with Crippen molar-refractivity contribution < 1.29 is 19.8 Å². The molecule has 1 aromatic carbocycles. The van der Waals surface area contributed by atoms with E-state index in [2.05, 4.69) is 0 Å². The molecule has 0 atom stereocenters. The Morgan fingerprint density at radius 3 is 1.88 bits per heavy atom. The van der Waals surface area contributed by atoms with E-state index in [0.717, 1.165) is 0 Å². The average molecular weight is 278 g/mol. The third kappa shape index (κ3) is 7.21. The van der Waals surface area contributed by atoms with Gasteiger partial charge in [-0.15, -0.1) is 0 Å². The SMILES string of the molecule is Nc1cccc(Cl)c1Cl.O=C(O)C=CC(=O)O. The molecule has 0 heterocycles. The summed E-state index contributed by atoms with van der Waals surface area (Å²) in [7, 11) is 0. The summed E-state index contributed by atoms with van der Waals surface area (Å²) in [6.45, 7) is 0. The van der Waals surface area contributed by atoms with Crippen LogP contribution in [0.5, 0.6) is 0 Å². The van der Waals surface area contributed by atoms with E-state index < -0.39 is 11.9 Å². The van der Waals surface area contributed by atoms with Gasteiger partial charge in [-0.25, -0.2) is 9.59 Å². The summed E-state index contributed by atoms with van der Waals surface area (Å²) in [4.78, 5) is 19.1. The Kier molecular flexibility index (Phi) is 6.77. The van der Waals surface area contributed by atoms with Crippen LogP contribution < -0.4 is 5.73 Å². The van der Waals surface area contributed by atoms with Crippen LogP contribution in [-0.4, -0.2) is 22.2 Å². The zero-order valence-corrected chi connectivity index (χ0v) is 9.94. The molecule has 17 heavy (non-hydrogen) atoms. The lowest BCUT2D eigenvalue weighted by atomic mass is 10.3. The molecule has 0 spiro atoms. The number of halogens is 2. The van der Waals surface area contributed by atoms with Gasteiger partial charge in [0.2, 0.25) is 0 Å². The van der Waals surface area contributed by atoms with Crippen molar-refractivity contribution >= 4 is 40.8 Å². The number of carboxylic acids is 2. The van der Waals surface area contributed by atoms with Crippen LogP contribution in [0, 0.1) is 0 Å². The number of anilines is 1. The number of aliphatic carboxylic acids is 2. The first-order chi connectivity index (χ1) is 7.84. The maximum Gasteiger partial charge on any atom is 0.328 e. The molecule has 0 unspecified atom stereocenters. The van der Waals surface area contributed by atoms with Crippen molar-refractivity contribution in [2.75, 3.05) is 5.73 Å². The third-order valence-corrected chi connectivity index (χ3v) is 2.18. The van der Waals surface area contributed by atoms with Gasteiger partial charge in [-0.2, -0.15) is 0 Å². The highest BCUT2D eigenvalue weighted by molar-refractivity contribution is 6.43. The maximum atomic E-state index is 9.55. The van der Waals surface area contributed by atoms with E-state index in [4.69, 9.17) is 39.1 Å². The molecule has 0 aliphatic carbocycles. The molecule has 0 aliphatic heterocycles. The molecule has 92 valence electrons. The van der Waals surface area contributed by atoms with Gasteiger partial charge in [0.05, 0.1) is 15.7 Å². The summed E-state index contributed by atoms with van der Waals surface area (Å²) in [6.07, 6.45) is 1.12. The van der Waals surface area contributed by atoms with E-state index in [1.165, 1.54) is 0 Å². The Morgan fingerprint density at radius 2 is 1.59 bits per heavy atom. The number of hydrogen-bond acceptors (Lipinski definition) is 3. The molecular weight excluding hydrogens is 269 g/mol. The molecule has 0 fully saturated rings. The standard InChI is InChI=1S/C6H5Cl2N.C4H4O4/c7-4-2-1-3-5(9)6(4)8;5-3(6)1-2-4(7)8/h1-3H,9H2;1-2H,(H,5,6)(H,7,8). The second-order valence-corrected chi connectivity index (χ2v) is 3.44. The van der Waals surface area contributed by atoms with Crippen molar-refractivity contribution in [3.05, 3.63) is 40.4 Å². The molecule has 4 N–H and O–H groups in total. The van der Waals surface area contributed by atoms with E-state index in [1.807, 2.05) is 0 Å². The van der Waals surface area contributed by atoms with E-state index in [0.29, 0.717) is 27.9 Å². The Morgan fingerprint density at radius 1 is 1.12 bits per heavy atom. The van der Waals surface area contributed by atoms with E-state index in [-0.39, 0.29) is 0 Å². The number of hydrogen-bond donors (Lipinski definition) is 3. The number of nitrogens with two attached hydrogens (primary N) is 1. The Bertz CT molecular complexity index is 410. The molecule has 1 rings (SSSR count). The topological polar surface area (TPSA) is 101 Å². The van der Waals surface area contributed by atoms with Gasteiger partial charge in [0, 0.05) is 12.2 Å². The molecule has 0 saturated carbocycles. The lowest BCUT2D eigenvalue weighted by molar-refractivity contribution is -0.134. The van der Waals surface area contributed by atoms with Crippen LogP contribution in [0.4, 0.5) is 5.69 Å². The van der Waals surface area contributed by atoms with Crippen LogP contribution in [-0.2, 0) is 9.59 Å². The number of nitrogen functional groups attached to an aromatic ring is 1. The fourth-order valence-electron chi connectivity index (χ4n) is 0.663. The smallest absolute Gasteiger partial charge is 0.328 e. The summed E-state index contributed by atoms with van der Waals surface area (Å²) < 4.78 is 0. The second-order valence-electron chi connectivity index (χ2n) is 2.65. The lowest BCUT2D eigenvalue weighted by Gasteiger charge is -1.96. The monoisotopic (exact) mass is 277 g/mol. The molecule has 0 amide bonds. The minimum absolute atomic E-state index is 0.430. The minimum Gasteiger partial charge on any atom is -0.478 e. The van der Waals surface area contributed by atoms with E-state index in [9.17, 15) is 9.59 Å². The van der Waals surface area contributed by atoms with Gasteiger partial charge >= 0.3 is 11.9 Å². The van der Waals surface area contributed by atoms with Gasteiger partial charge in [-0.1, -0.05) is 29.3 Å². The number of benzene rings is 1. The molecule has 7 heteroatoms. The Balaban J connectivity index is 0.000000304. The zero-order chi connectivity index (χ0) is 13.4. The van der Waals surface area contributed by atoms with Crippen LogP contribution in [0.2, 0.25) is 10.0 Å². The molecule has 0 aliphatic rings. The summed E-state index contributed by atoms with van der Waals surface area (Å²) in [5.41, 5.74) is 5.92. The molecule has 0 radical (unpaired) electrons. The summed E-state index contributed by atoms with van der Waals surface area (Å²) in [5, 5.41) is 16.6. The first-order valence-corrected chi connectivity index (χ1v) is 4.93. The van der Waals surface area contributed by atoms with Crippen molar-refractivity contribution in [1.29, 1.82) is 0 Å². The van der Waals surface area contributed by atoms with Gasteiger partial charge in [0.15, 0.2) is 0 Å². The van der Waals surface area contributed by atoms with Crippen molar-refractivity contribution in [3.8, 4) is 0 Å². The summed E-state index contributed by atoms with van der Waals surface area (Å²) in [5.74, 6) is -2.51. The van der Waals surface area contributed by atoms with E-state index in [1.54, 1.807) is 18.2 Å². The quantitative estimate of drug-likeness (QED) is 0.569. The van der Waals surface area contributed by atoms with Gasteiger partial charge < -0.3 is 15.9 Å². The first kappa shape index (κ1) is 15.3.